The Balaban J connectivity index is 1.50. The standard InChI is InChI=1S/C29H26FN3O6S/c1-2-39-28(38)20-7-13-23(14-8-20)32-29-33(16-15-18-3-9-21(30)10-4-18)26(35)24(40-29)17-25(34)31-22-11-5-19(6-12-22)27(36)37/h3-14,24H,2,15-17H2,1H3,(H,31,34)(H,36,37)/t24-/m1/s1. The van der Waals surface area contributed by atoms with Crippen LogP contribution in [-0.2, 0) is 20.7 Å². The van der Waals surface area contributed by atoms with Gasteiger partial charge < -0.3 is 15.2 Å². The molecule has 0 spiro atoms. The number of rotatable bonds is 10. The Kier molecular flexibility index (Phi) is 9.28. The summed E-state index contributed by atoms with van der Waals surface area (Å²) >= 11 is 1.16. The van der Waals surface area contributed by atoms with Gasteiger partial charge in [0, 0.05) is 18.7 Å². The number of anilines is 1. The molecule has 1 aliphatic rings. The number of esters is 1. The monoisotopic (exact) mass is 563 g/mol. The van der Waals surface area contributed by atoms with Crippen LogP contribution in [0.5, 0.6) is 0 Å². The SMILES string of the molecule is CCOC(=O)c1ccc(N=C2S[C@H](CC(=O)Nc3ccc(C(=O)O)cc3)C(=O)N2CCc2ccc(F)cc2)cc1. The molecule has 4 rings (SSSR count). The average Bonchev–Trinajstić information content (AvgIpc) is 3.22. The molecule has 206 valence electrons. The van der Waals surface area contributed by atoms with E-state index in [1.807, 2.05) is 0 Å². The third-order valence-electron chi connectivity index (χ3n) is 5.95. The molecule has 3 aromatic rings. The lowest BCUT2D eigenvalue weighted by Crippen LogP contribution is -2.35. The van der Waals surface area contributed by atoms with Crippen molar-refractivity contribution in [3.8, 4) is 0 Å². The van der Waals surface area contributed by atoms with E-state index in [0.717, 1.165) is 17.3 Å². The summed E-state index contributed by atoms with van der Waals surface area (Å²) in [7, 11) is 0. The number of hydrogen-bond acceptors (Lipinski definition) is 7. The van der Waals surface area contributed by atoms with Crippen molar-refractivity contribution in [3.63, 3.8) is 0 Å². The van der Waals surface area contributed by atoms with Crippen LogP contribution in [0.3, 0.4) is 0 Å². The van der Waals surface area contributed by atoms with Crippen molar-refractivity contribution in [3.05, 3.63) is 95.3 Å². The fourth-order valence-corrected chi connectivity index (χ4v) is 5.08. The molecule has 1 heterocycles. The minimum absolute atomic E-state index is 0.0902. The van der Waals surface area contributed by atoms with Crippen LogP contribution in [-0.4, -0.2) is 57.3 Å². The number of ether oxygens (including phenoxy) is 1. The van der Waals surface area contributed by atoms with Crippen molar-refractivity contribution < 1.29 is 33.4 Å². The number of hydrogen-bond donors (Lipinski definition) is 2. The molecular formula is C29H26FN3O6S. The number of aliphatic imine (C=N–C) groups is 1. The molecule has 3 aromatic carbocycles. The first-order chi connectivity index (χ1) is 19.2. The predicted octanol–water partition coefficient (Wildman–Crippen LogP) is 4.90. The smallest absolute Gasteiger partial charge is 0.338 e. The first kappa shape index (κ1) is 28.5. The Bertz CT molecular complexity index is 1430. The van der Waals surface area contributed by atoms with E-state index in [4.69, 9.17) is 9.84 Å². The molecule has 0 saturated carbocycles. The van der Waals surface area contributed by atoms with Gasteiger partial charge in [-0.3, -0.25) is 14.5 Å². The highest BCUT2D eigenvalue weighted by Gasteiger charge is 2.39. The summed E-state index contributed by atoms with van der Waals surface area (Å²) in [6.07, 6.45) is 0.320. The van der Waals surface area contributed by atoms with Gasteiger partial charge in [0.15, 0.2) is 5.17 Å². The molecule has 9 nitrogen and oxygen atoms in total. The molecule has 0 radical (unpaired) electrons. The lowest BCUT2D eigenvalue weighted by Gasteiger charge is -2.16. The van der Waals surface area contributed by atoms with Gasteiger partial charge in [-0.15, -0.1) is 0 Å². The van der Waals surface area contributed by atoms with E-state index in [1.165, 1.54) is 41.3 Å². The highest BCUT2D eigenvalue weighted by atomic mass is 32.2. The van der Waals surface area contributed by atoms with Gasteiger partial charge in [0.25, 0.3) is 0 Å². The second-order valence-electron chi connectivity index (χ2n) is 8.77. The van der Waals surface area contributed by atoms with E-state index in [1.54, 1.807) is 43.3 Å². The highest BCUT2D eigenvalue weighted by molar-refractivity contribution is 8.15. The number of halogens is 1. The first-order valence-corrected chi connectivity index (χ1v) is 13.3. The number of benzene rings is 3. The number of aromatic carboxylic acids is 1. The van der Waals surface area contributed by atoms with Crippen LogP contribution in [0, 0.1) is 5.82 Å². The summed E-state index contributed by atoms with van der Waals surface area (Å²) in [5, 5.41) is 11.4. The maximum Gasteiger partial charge on any atom is 0.338 e. The van der Waals surface area contributed by atoms with Gasteiger partial charge in [-0.1, -0.05) is 23.9 Å². The summed E-state index contributed by atoms with van der Waals surface area (Å²) in [6, 6.07) is 18.2. The zero-order chi connectivity index (χ0) is 28.6. The Morgan fingerprint density at radius 2 is 1.65 bits per heavy atom. The zero-order valence-corrected chi connectivity index (χ0v) is 22.3. The Morgan fingerprint density at radius 3 is 2.27 bits per heavy atom. The normalized spacial score (nSPS) is 15.8. The number of carbonyl (C=O) groups is 4. The molecule has 1 saturated heterocycles. The lowest BCUT2D eigenvalue weighted by atomic mass is 10.1. The van der Waals surface area contributed by atoms with Gasteiger partial charge in [0.2, 0.25) is 11.8 Å². The van der Waals surface area contributed by atoms with Gasteiger partial charge in [-0.05, 0) is 79.6 Å². The number of amides is 2. The maximum atomic E-state index is 13.4. The summed E-state index contributed by atoms with van der Waals surface area (Å²) in [5.74, 6) is -2.57. The van der Waals surface area contributed by atoms with Crippen molar-refractivity contribution in [1.82, 2.24) is 4.90 Å². The van der Waals surface area contributed by atoms with E-state index < -0.39 is 23.1 Å². The number of thioether (sulfide) groups is 1. The molecule has 0 bridgehead atoms. The number of nitrogens with zero attached hydrogens (tertiary/aromatic N) is 2. The van der Waals surface area contributed by atoms with Crippen LogP contribution in [0.4, 0.5) is 15.8 Å². The van der Waals surface area contributed by atoms with Gasteiger partial charge in [0.05, 0.1) is 23.4 Å². The third-order valence-corrected chi connectivity index (χ3v) is 7.12. The Hall–Kier alpha value is -4.51. The van der Waals surface area contributed by atoms with Crippen LogP contribution in [0.1, 0.15) is 39.6 Å². The van der Waals surface area contributed by atoms with E-state index >= 15 is 0 Å². The number of carboxylic acid groups (broad SMARTS) is 1. The third kappa shape index (κ3) is 7.32. The van der Waals surface area contributed by atoms with E-state index in [-0.39, 0.29) is 36.9 Å². The van der Waals surface area contributed by atoms with Crippen LogP contribution in [0.15, 0.2) is 77.8 Å². The molecule has 0 aromatic heterocycles. The van der Waals surface area contributed by atoms with Crippen molar-refractivity contribution in [2.75, 3.05) is 18.5 Å². The molecule has 0 unspecified atom stereocenters. The summed E-state index contributed by atoms with van der Waals surface area (Å²) in [4.78, 5) is 55.2. The first-order valence-electron chi connectivity index (χ1n) is 12.4. The van der Waals surface area contributed by atoms with E-state index in [9.17, 15) is 23.6 Å². The van der Waals surface area contributed by atoms with Crippen molar-refractivity contribution >= 4 is 52.1 Å². The van der Waals surface area contributed by atoms with Crippen molar-refractivity contribution in [2.24, 2.45) is 4.99 Å². The molecule has 2 amide bonds. The zero-order valence-electron chi connectivity index (χ0n) is 21.5. The fraction of sp³-hybridized carbons (Fsp3) is 0.207. The minimum atomic E-state index is -1.08. The van der Waals surface area contributed by atoms with Gasteiger partial charge in [0.1, 0.15) is 11.1 Å². The largest absolute Gasteiger partial charge is 0.478 e. The maximum absolute atomic E-state index is 13.4. The molecule has 1 atom stereocenters. The predicted molar refractivity (Wildman–Crippen MR) is 149 cm³/mol. The molecule has 11 heteroatoms. The lowest BCUT2D eigenvalue weighted by molar-refractivity contribution is -0.128. The Morgan fingerprint density at radius 1 is 1.00 bits per heavy atom. The second kappa shape index (κ2) is 13.0. The average molecular weight is 564 g/mol. The molecule has 0 aliphatic carbocycles. The van der Waals surface area contributed by atoms with E-state index in [0.29, 0.717) is 28.5 Å². The minimum Gasteiger partial charge on any atom is -0.478 e. The number of amidine groups is 1. The second-order valence-corrected chi connectivity index (χ2v) is 9.94. The van der Waals surface area contributed by atoms with Crippen LogP contribution < -0.4 is 5.32 Å². The number of carboxylic acids is 1. The highest BCUT2D eigenvalue weighted by Crippen LogP contribution is 2.32. The topological polar surface area (TPSA) is 125 Å². The van der Waals surface area contributed by atoms with Gasteiger partial charge >= 0.3 is 11.9 Å². The summed E-state index contributed by atoms with van der Waals surface area (Å²) in [6.45, 7) is 2.25. The van der Waals surface area contributed by atoms with E-state index in [2.05, 4.69) is 10.3 Å². The molecule has 2 N–H and O–H groups in total. The summed E-state index contributed by atoms with van der Waals surface area (Å²) < 4.78 is 18.3. The Labute approximate surface area is 234 Å². The fourth-order valence-electron chi connectivity index (χ4n) is 3.90. The molecule has 1 fully saturated rings. The van der Waals surface area contributed by atoms with Crippen LogP contribution in [0.2, 0.25) is 0 Å². The quantitative estimate of drug-likeness (QED) is 0.336. The summed E-state index contributed by atoms with van der Waals surface area (Å²) in [5.41, 5.74) is 2.23. The molecule has 40 heavy (non-hydrogen) atoms. The molecular weight excluding hydrogens is 537 g/mol. The molecule has 1 aliphatic heterocycles. The van der Waals surface area contributed by atoms with Gasteiger partial charge in [-0.2, -0.15) is 0 Å². The van der Waals surface area contributed by atoms with Gasteiger partial charge in [-0.25, -0.2) is 19.0 Å². The van der Waals surface area contributed by atoms with Crippen molar-refractivity contribution in [2.45, 2.75) is 25.0 Å². The van der Waals surface area contributed by atoms with Crippen LogP contribution >= 0.6 is 11.8 Å². The van der Waals surface area contributed by atoms with Crippen LogP contribution in [0.25, 0.3) is 0 Å². The van der Waals surface area contributed by atoms with Crippen molar-refractivity contribution in [1.29, 1.82) is 0 Å². The number of carbonyl (C=O) groups excluding carboxylic acids is 3. The number of nitrogens with one attached hydrogen (secondary N) is 1.